The number of benzene rings is 1. The summed E-state index contributed by atoms with van der Waals surface area (Å²) in [4.78, 5) is 11.5. The lowest BCUT2D eigenvalue weighted by Crippen LogP contribution is -2.46. The van der Waals surface area contributed by atoms with Gasteiger partial charge in [-0.1, -0.05) is 0 Å². The van der Waals surface area contributed by atoms with Crippen molar-refractivity contribution in [1.29, 1.82) is 0 Å². The summed E-state index contributed by atoms with van der Waals surface area (Å²) in [6.45, 7) is -0.179. The normalized spacial score (nSPS) is 16.9. The topological polar surface area (TPSA) is 84.6 Å². The molecule has 2 rings (SSSR count). The Bertz CT molecular complexity index is 533. The molecule has 0 spiro atoms. The van der Waals surface area contributed by atoms with Crippen molar-refractivity contribution in [2.75, 3.05) is 13.2 Å². The molecule has 1 aliphatic carbocycles. The van der Waals surface area contributed by atoms with E-state index in [4.69, 9.17) is 10.5 Å². The Hall–Kier alpha value is -1.51. The Morgan fingerprint density at radius 2 is 1.91 bits per heavy atom. The van der Waals surface area contributed by atoms with Crippen LogP contribution in [0.25, 0.3) is 0 Å². The molecule has 0 aromatic heterocycles. The third kappa shape index (κ3) is 5.56. The van der Waals surface area contributed by atoms with Gasteiger partial charge in [-0.05, 0) is 37.1 Å². The Balaban J connectivity index is 0.00000264. The van der Waals surface area contributed by atoms with Gasteiger partial charge in [0.25, 0.3) is 0 Å². The average Bonchev–Trinajstić information content (AvgIpc) is 3.21. The number of hydrogen-bond acceptors (Lipinski definition) is 4. The van der Waals surface area contributed by atoms with E-state index in [0.717, 1.165) is 12.1 Å². The van der Waals surface area contributed by atoms with E-state index >= 15 is 0 Å². The summed E-state index contributed by atoms with van der Waals surface area (Å²) in [5.41, 5.74) is 4.09. The van der Waals surface area contributed by atoms with Gasteiger partial charge in [0.15, 0.2) is 0 Å². The second-order valence-corrected chi connectivity index (χ2v) is 5.35. The molecule has 0 radical (unpaired) electrons. The van der Waals surface area contributed by atoms with Gasteiger partial charge in [0, 0.05) is 6.54 Å². The van der Waals surface area contributed by atoms with E-state index in [1.165, 1.54) is 12.1 Å². The molecule has 1 unspecified atom stereocenters. The number of carbonyl (C=O) groups excluding carboxylic acids is 1. The van der Waals surface area contributed by atoms with Crippen LogP contribution in [0.2, 0.25) is 0 Å². The Labute approximate surface area is 137 Å². The molecular weight excluding hydrogens is 337 g/mol. The number of carbonyl (C=O) groups is 1. The average molecular weight is 355 g/mol. The number of aliphatic hydroxyl groups excluding tert-OH is 1. The highest BCUT2D eigenvalue weighted by molar-refractivity contribution is 5.88. The van der Waals surface area contributed by atoms with Gasteiger partial charge in [0.05, 0.1) is 11.1 Å². The number of hydrogen-bond donors (Lipinski definition) is 3. The van der Waals surface area contributed by atoms with Crippen molar-refractivity contribution in [3.8, 4) is 5.75 Å². The van der Waals surface area contributed by atoms with Gasteiger partial charge in [-0.25, -0.2) is 0 Å². The van der Waals surface area contributed by atoms with Crippen LogP contribution < -0.4 is 15.8 Å². The molecule has 1 amide bonds. The van der Waals surface area contributed by atoms with Gasteiger partial charge in [-0.15, -0.1) is 12.4 Å². The number of nitrogens with two attached hydrogens (primary N) is 1. The summed E-state index contributed by atoms with van der Waals surface area (Å²) in [6, 6.07) is 4.14. The van der Waals surface area contributed by atoms with Crippen molar-refractivity contribution in [2.45, 2.75) is 30.7 Å². The van der Waals surface area contributed by atoms with E-state index in [2.05, 4.69) is 5.32 Å². The lowest BCUT2D eigenvalue weighted by atomic mass is 10.2. The molecule has 0 aliphatic heterocycles. The summed E-state index contributed by atoms with van der Waals surface area (Å²) in [6.07, 6.45) is -4.13. The first-order valence-corrected chi connectivity index (χ1v) is 6.76. The van der Waals surface area contributed by atoms with Crippen LogP contribution in [0.3, 0.4) is 0 Å². The Morgan fingerprint density at radius 1 is 1.35 bits per heavy atom. The monoisotopic (exact) mass is 354 g/mol. The molecule has 130 valence electrons. The third-order valence-corrected chi connectivity index (χ3v) is 3.36. The van der Waals surface area contributed by atoms with Gasteiger partial charge in [0.1, 0.15) is 18.5 Å². The van der Waals surface area contributed by atoms with Crippen LogP contribution in [0.4, 0.5) is 13.2 Å². The van der Waals surface area contributed by atoms with Gasteiger partial charge >= 0.3 is 6.18 Å². The van der Waals surface area contributed by atoms with Crippen molar-refractivity contribution in [2.24, 2.45) is 5.73 Å². The summed E-state index contributed by atoms with van der Waals surface area (Å²) in [5, 5.41) is 12.2. The molecule has 1 fully saturated rings. The maximum absolute atomic E-state index is 12.4. The molecular formula is C14H18ClF3N2O3. The fourth-order valence-electron chi connectivity index (χ4n) is 1.74. The molecule has 1 aliphatic rings. The summed E-state index contributed by atoms with van der Waals surface area (Å²) in [7, 11) is 0. The zero-order chi connectivity index (χ0) is 16.4. The van der Waals surface area contributed by atoms with Gasteiger partial charge in [0.2, 0.25) is 5.91 Å². The van der Waals surface area contributed by atoms with Gasteiger partial charge < -0.3 is 20.9 Å². The van der Waals surface area contributed by atoms with Gasteiger partial charge in [-0.2, -0.15) is 13.2 Å². The van der Waals surface area contributed by atoms with E-state index < -0.39 is 23.4 Å². The first-order chi connectivity index (χ1) is 10.2. The molecule has 5 nitrogen and oxygen atoms in total. The zero-order valence-electron chi connectivity index (χ0n) is 12.1. The standard InChI is InChI=1S/C14H17F3N2O3.ClH/c15-14(16,17)9-1-3-11(4-2-9)22-8-10(20)7-19-12(21)13(18)5-6-13;/h1-4,10,20H,5-8,18H2,(H,19,21);1H. The highest BCUT2D eigenvalue weighted by atomic mass is 35.5. The molecule has 0 heterocycles. The minimum absolute atomic E-state index is 0. The van der Waals surface area contributed by atoms with Crippen LogP contribution in [0.1, 0.15) is 18.4 Å². The van der Waals surface area contributed by atoms with E-state index in [1.807, 2.05) is 0 Å². The molecule has 4 N–H and O–H groups in total. The van der Waals surface area contributed by atoms with Crippen molar-refractivity contribution < 1.29 is 27.8 Å². The second kappa shape index (κ2) is 7.37. The molecule has 23 heavy (non-hydrogen) atoms. The number of halogens is 4. The van der Waals surface area contributed by atoms with Gasteiger partial charge in [-0.3, -0.25) is 4.79 Å². The van der Waals surface area contributed by atoms with E-state index in [1.54, 1.807) is 0 Å². The lowest BCUT2D eigenvalue weighted by Gasteiger charge is -2.15. The van der Waals surface area contributed by atoms with Crippen molar-refractivity contribution >= 4 is 18.3 Å². The number of ether oxygens (including phenoxy) is 1. The van der Waals surface area contributed by atoms with Crippen LogP contribution in [-0.4, -0.2) is 35.8 Å². The fourth-order valence-corrected chi connectivity index (χ4v) is 1.74. The van der Waals surface area contributed by atoms with E-state index in [-0.39, 0.29) is 37.2 Å². The minimum atomic E-state index is -4.40. The SMILES string of the molecule is Cl.NC1(C(=O)NCC(O)COc2ccc(C(F)(F)F)cc2)CC1. The van der Waals surface area contributed by atoms with Crippen LogP contribution in [0, 0.1) is 0 Å². The molecule has 1 atom stereocenters. The second-order valence-electron chi connectivity index (χ2n) is 5.35. The maximum atomic E-state index is 12.4. The van der Waals surface area contributed by atoms with Crippen LogP contribution in [0.15, 0.2) is 24.3 Å². The molecule has 1 aromatic carbocycles. The lowest BCUT2D eigenvalue weighted by molar-refractivity contribution is -0.137. The molecule has 1 aromatic rings. The smallest absolute Gasteiger partial charge is 0.416 e. The maximum Gasteiger partial charge on any atom is 0.416 e. The van der Waals surface area contributed by atoms with Crippen molar-refractivity contribution in [1.82, 2.24) is 5.32 Å². The third-order valence-electron chi connectivity index (χ3n) is 3.36. The van der Waals surface area contributed by atoms with E-state index in [9.17, 15) is 23.1 Å². The predicted molar refractivity (Wildman–Crippen MR) is 79.4 cm³/mol. The minimum Gasteiger partial charge on any atom is -0.491 e. The Morgan fingerprint density at radius 3 is 2.39 bits per heavy atom. The zero-order valence-corrected chi connectivity index (χ0v) is 12.9. The Kier molecular flexibility index (Phi) is 6.26. The highest BCUT2D eigenvalue weighted by Crippen LogP contribution is 2.32. The number of rotatable bonds is 6. The first-order valence-electron chi connectivity index (χ1n) is 6.76. The summed E-state index contributed by atoms with van der Waals surface area (Å²) in [5.74, 6) is -0.114. The number of amides is 1. The summed E-state index contributed by atoms with van der Waals surface area (Å²) >= 11 is 0. The van der Waals surface area contributed by atoms with Crippen LogP contribution in [0.5, 0.6) is 5.75 Å². The summed E-state index contributed by atoms with van der Waals surface area (Å²) < 4.78 is 42.3. The molecule has 0 bridgehead atoms. The molecule has 0 saturated heterocycles. The number of nitrogens with one attached hydrogen (secondary N) is 1. The van der Waals surface area contributed by atoms with Crippen molar-refractivity contribution in [3.63, 3.8) is 0 Å². The largest absolute Gasteiger partial charge is 0.491 e. The molecule has 1 saturated carbocycles. The number of alkyl halides is 3. The molecule has 9 heteroatoms. The number of aliphatic hydroxyl groups is 1. The van der Waals surface area contributed by atoms with Crippen LogP contribution >= 0.6 is 12.4 Å². The fraction of sp³-hybridized carbons (Fsp3) is 0.500. The highest BCUT2D eigenvalue weighted by Gasteiger charge is 2.45. The van der Waals surface area contributed by atoms with E-state index in [0.29, 0.717) is 12.8 Å². The van der Waals surface area contributed by atoms with Crippen molar-refractivity contribution in [3.05, 3.63) is 29.8 Å². The predicted octanol–water partition coefficient (Wildman–Crippen LogP) is 1.47. The van der Waals surface area contributed by atoms with Crippen LogP contribution in [-0.2, 0) is 11.0 Å². The quantitative estimate of drug-likeness (QED) is 0.722. The first kappa shape index (κ1) is 19.5.